The first-order valence-corrected chi connectivity index (χ1v) is 10.1. The number of aryl methyl sites for hydroxylation is 1. The number of ether oxygens (including phenoxy) is 2. The average Bonchev–Trinajstić information content (AvgIpc) is 3.35. The SMILES string of the molecule is COc1ccc2c3c(n(CCNc4ncnn4C)c(=O)c2c1OC)-c1ccccc1C3=O. The third-order valence-electron chi connectivity index (χ3n) is 5.76. The molecule has 4 aromatic rings. The van der Waals surface area contributed by atoms with E-state index >= 15 is 0 Å². The molecule has 2 aromatic carbocycles. The second-order valence-corrected chi connectivity index (χ2v) is 7.41. The third kappa shape index (κ3) is 2.78. The highest BCUT2D eigenvalue weighted by atomic mass is 16.5. The summed E-state index contributed by atoms with van der Waals surface area (Å²) in [5.74, 6) is 1.23. The van der Waals surface area contributed by atoms with Gasteiger partial charge in [0.05, 0.1) is 30.9 Å². The number of nitrogens with zero attached hydrogens (tertiary/aromatic N) is 4. The molecule has 5 rings (SSSR count). The van der Waals surface area contributed by atoms with Crippen LogP contribution in [0.15, 0.2) is 47.5 Å². The third-order valence-corrected chi connectivity index (χ3v) is 5.76. The molecule has 1 aliphatic carbocycles. The summed E-state index contributed by atoms with van der Waals surface area (Å²) in [7, 11) is 4.78. The lowest BCUT2D eigenvalue weighted by Crippen LogP contribution is -2.27. The van der Waals surface area contributed by atoms with Gasteiger partial charge in [-0.2, -0.15) is 10.1 Å². The number of methoxy groups -OCH3 is 2. The number of hydrogen-bond acceptors (Lipinski definition) is 7. The Morgan fingerprint density at radius 1 is 1.03 bits per heavy atom. The zero-order chi connectivity index (χ0) is 22.4. The number of ketones is 1. The molecule has 9 heteroatoms. The monoisotopic (exact) mass is 431 g/mol. The van der Waals surface area contributed by atoms with Gasteiger partial charge in [-0.05, 0) is 12.1 Å². The van der Waals surface area contributed by atoms with Gasteiger partial charge in [-0.25, -0.2) is 4.68 Å². The largest absolute Gasteiger partial charge is 0.493 e. The summed E-state index contributed by atoms with van der Waals surface area (Å²) in [4.78, 5) is 31.3. The molecule has 2 heterocycles. The van der Waals surface area contributed by atoms with Crippen LogP contribution in [0.5, 0.6) is 11.5 Å². The smallest absolute Gasteiger partial charge is 0.262 e. The Hall–Kier alpha value is -4.14. The molecule has 9 nitrogen and oxygen atoms in total. The van der Waals surface area contributed by atoms with E-state index in [-0.39, 0.29) is 11.3 Å². The molecular formula is C23H21N5O4. The molecule has 0 bridgehead atoms. The highest BCUT2D eigenvalue weighted by Gasteiger charge is 2.33. The van der Waals surface area contributed by atoms with Crippen LogP contribution >= 0.6 is 0 Å². The predicted molar refractivity (Wildman–Crippen MR) is 120 cm³/mol. The zero-order valence-corrected chi connectivity index (χ0v) is 17.9. The summed E-state index contributed by atoms with van der Waals surface area (Å²) in [6, 6.07) is 10.8. The van der Waals surface area contributed by atoms with Gasteiger partial charge in [-0.15, -0.1) is 0 Å². The molecule has 1 aliphatic rings. The Labute approximate surface area is 183 Å². The van der Waals surface area contributed by atoms with E-state index in [4.69, 9.17) is 9.47 Å². The molecule has 0 aliphatic heterocycles. The predicted octanol–water partition coefficient (Wildman–Crippen LogP) is 2.47. The summed E-state index contributed by atoms with van der Waals surface area (Å²) in [5, 5.41) is 8.10. The molecule has 162 valence electrons. The van der Waals surface area contributed by atoms with E-state index in [9.17, 15) is 9.59 Å². The lowest BCUT2D eigenvalue weighted by Gasteiger charge is -2.18. The highest BCUT2D eigenvalue weighted by molar-refractivity contribution is 6.27. The van der Waals surface area contributed by atoms with E-state index in [2.05, 4.69) is 15.4 Å². The maximum Gasteiger partial charge on any atom is 0.262 e. The van der Waals surface area contributed by atoms with E-state index < -0.39 is 0 Å². The molecule has 0 amide bonds. The van der Waals surface area contributed by atoms with Gasteiger partial charge in [0.1, 0.15) is 6.33 Å². The summed E-state index contributed by atoms with van der Waals surface area (Å²) in [6.45, 7) is 0.721. The van der Waals surface area contributed by atoms with E-state index in [1.54, 1.807) is 34.5 Å². The molecule has 0 fully saturated rings. The van der Waals surface area contributed by atoms with Crippen LogP contribution in [-0.2, 0) is 13.6 Å². The maximum absolute atomic E-state index is 13.8. The molecule has 2 aromatic heterocycles. The van der Waals surface area contributed by atoms with Crippen LogP contribution in [0, 0.1) is 0 Å². The zero-order valence-electron chi connectivity index (χ0n) is 17.9. The second kappa shape index (κ2) is 7.52. The number of rotatable bonds is 6. The van der Waals surface area contributed by atoms with E-state index in [0.29, 0.717) is 58.1 Å². The first-order chi connectivity index (χ1) is 15.6. The Balaban J connectivity index is 1.75. The second-order valence-electron chi connectivity index (χ2n) is 7.41. The van der Waals surface area contributed by atoms with E-state index in [1.165, 1.54) is 20.5 Å². The first-order valence-electron chi connectivity index (χ1n) is 10.1. The fourth-order valence-corrected chi connectivity index (χ4v) is 4.33. The standard InChI is InChI=1S/C23H21N5O4/c1-27-23(25-12-26-27)24-10-11-28-19-13-6-4-5-7-14(13)20(29)17(19)15-8-9-16(31-2)21(32-3)18(15)22(28)30/h4-9,12H,10-11H2,1-3H3,(H,24,25,26). The van der Waals surface area contributed by atoms with Crippen LogP contribution in [-0.4, -0.2) is 45.9 Å². The number of anilines is 1. The van der Waals surface area contributed by atoms with Gasteiger partial charge in [0.25, 0.3) is 5.56 Å². The summed E-state index contributed by atoms with van der Waals surface area (Å²) in [5.41, 5.74) is 2.20. The maximum atomic E-state index is 13.8. The van der Waals surface area contributed by atoms with Crippen LogP contribution in [0.3, 0.4) is 0 Å². The van der Waals surface area contributed by atoms with Gasteiger partial charge in [0.2, 0.25) is 5.95 Å². The Kier molecular flexibility index (Phi) is 4.66. The Bertz CT molecular complexity index is 1440. The lowest BCUT2D eigenvalue weighted by molar-refractivity contribution is 0.104. The summed E-state index contributed by atoms with van der Waals surface area (Å²) >= 11 is 0. The number of pyridine rings is 1. The lowest BCUT2D eigenvalue weighted by atomic mass is 10.0. The van der Waals surface area contributed by atoms with Crippen molar-refractivity contribution < 1.29 is 14.3 Å². The minimum Gasteiger partial charge on any atom is -0.493 e. The van der Waals surface area contributed by atoms with Crippen molar-refractivity contribution in [3.05, 3.63) is 64.2 Å². The van der Waals surface area contributed by atoms with Crippen molar-refractivity contribution in [2.45, 2.75) is 6.54 Å². The molecule has 0 unspecified atom stereocenters. The van der Waals surface area contributed by atoms with Crippen LogP contribution < -0.4 is 20.3 Å². The van der Waals surface area contributed by atoms with Crippen LogP contribution in [0.2, 0.25) is 0 Å². The molecule has 0 saturated heterocycles. The number of aromatic nitrogens is 4. The molecule has 0 atom stereocenters. The van der Waals surface area contributed by atoms with Crippen molar-refractivity contribution in [3.8, 4) is 22.8 Å². The molecule has 0 radical (unpaired) electrons. The number of nitrogens with one attached hydrogen (secondary N) is 1. The first kappa shape index (κ1) is 19.8. The number of benzene rings is 2. The molecular weight excluding hydrogens is 410 g/mol. The molecule has 0 spiro atoms. The fourth-order valence-electron chi connectivity index (χ4n) is 4.33. The van der Waals surface area contributed by atoms with Crippen molar-refractivity contribution >= 4 is 22.5 Å². The molecule has 32 heavy (non-hydrogen) atoms. The van der Waals surface area contributed by atoms with Crippen molar-refractivity contribution in [2.75, 3.05) is 26.1 Å². The molecule has 1 N–H and O–H groups in total. The van der Waals surface area contributed by atoms with Crippen molar-refractivity contribution in [3.63, 3.8) is 0 Å². The Morgan fingerprint density at radius 3 is 2.50 bits per heavy atom. The minimum absolute atomic E-state index is 0.108. The fraction of sp³-hybridized carbons (Fsp3) is 0.217. The number of hydrogen-bond donors (Lipinski definition) is 1. The van der Waals surface area contributed by atoms with E-state index in [0.717, 1.165) is 5.56 Å². The number of fused-ring (bicyclic) bond motifs is 5. The van der Waals surface area contributed by atoms with Crippen molar-refractivity contribution in [2.24, 2.45) is 7.05 Å². The van der Waals surface area contributed by atoms with Gasteiger partial charge >= 0.3 is 0 Å². The van der Waals surface area contributed by atoms with Gasteiger partial charge in [0, 0.05) is 36.7 Å². The van der Waals surface area contributed by atoms with Gasteiger partial charge in [-0.1, -0.05) is 24.3 Å². The van der Waals surface area contributed by atoms with E-state index in [1.807, 2.05) is 18.2 Å². The van der Waals surface area contributed by atoms with Gasteiger partial charge < -0.3 is 19.4 Å². The normalized spacial score (nSPS) is 12.0. The molecule has 0 saturated carbocycles. The quantitative estimate of drug-likeness (QED) is 0.441. The van der Waals surface area contributed by atoms with Crippen LogP contribution in [0.1, 0.15) is 15.9 Å². The van der Waals surface area contributed by atoms with Gasteiger partial charge in [-0.3, -0.25) is 9.59 Å². The van der Waals surface area contributed by atoms with Crippen molar-refractivity contribution in [1.29, 1.82) is 0 Å². The number of carbonyl (C=O) groups excluding carboxylic acids is 1. The van der Waals surface area contributed by atoms with Gasteiger partial charge in [0.15, 0.2) is 17.3 Å². The van der Waals surface area contributed by atoms with Crippen molar-refractivity contribution in [1.82, 2.24) is 19.3 Å². The topological polar surface area (TPSA) is 100 Å². The average molecular weight is 431 g/mol. The van der Waals surface area contributed by atoms with Crippen LogP contribution in [0.25, 0.3) is 22.0 Å². The number of carbonyl (C=O) groups is 1. The minimum atomic E-state index is -0.251. The summed E-state index contributed by atoms with van der Waals surface area (Å²) < 4.78 is 14.2. The highest BCUT2D eigenvalue weighted by Crippen LogP contribution is 2.42. The summed E-state index contributed by atoms with van der Waals surface area (Å²) in [6.07, 6.45) is 1.45. The van der Waals surface area contributed by atoms with Crippen LogP contribution in [0.4, 0.5) is 5.95 Å². The Morgan fingerprint density at radius 2 is 1.81 bits per heavy atom.